The molecule has 1 fully saturated rings. The Bertz CT molecular complexity index is 1080. The number of piperazine rings is 1. The lowest BCUT2D eigenvalue weighted by atomic mass is 10.3. The third-order valence-corrected chi connectivity index (χ3v) is 9.01. The molecule has 1 saturated heterocycles. The summed E-state index contributed by atoms with van der Waals surface area (Å²) >= 11 is 0. The zero-order chi connectivity index (χ0) is 23.5. The SMILES string of the molecule is COc1ccc(OC)c(S(=O)(=O)N2CCN(S(=O)(=O)c3cc(OC)ccc3OC)CC2)c1. The lowest BCUT2D eigenvalue weighted by molar-refractivity contribution is 0.271. The van der Waals surface area contributed by atoms with Crippen molar-refractivity contribution in [1.82, 2.24) is 8.61 Å². The van der Waals surface area contributed by atoms with Crippen molar-refractivity contribution in [3.8, 4) is 23.0 Å². The highest BCUT2D eigenvalue weighted by Crippen LogP contribution is 2.33. The van der Waals surface area contributed by atoms with Gasteiger partial charge < -0.3 is 18.9 Å². The van der Waals surface area contributed by atoms with Gasteiger partial charge in [0, 0.05) is 38.3 Å². The number of methoxy groups -OCH3 is 4. The standard InChI is InChI=1S/C20H26N2O8S2/c1-27-15-5-7-17(29-3)19(13-15)31(23,24)21-9-11-22(12-10-21)32(25,26)20-14-16(28-2)6-8-18(20)30-4/h5-8,13-14H,9-12H2,1-4H3. The normalized spacial score (nSPS) is 15.9. The fraction of sp³-hybridized carbons (Fsp3) is 0.400. The van der Waals surface area contributed by atoms with Crippen LogP contribution in [0.2, 0.25) is 0 Å². The third kappa shape index (κ3) is 4.49. The maximum atomic E-state index is 13.2. The van der Waals surface area contributed by atoms with E-state index in [1.54, 1.807) is 12.1 Å². The van der Waals surface area contributed by atoms with Crippen LogP contribution in [-0.4, -0.2) is 80.1 Å². The van der Waals surface area contributed by atoms with Crippen LogP contribution in [0.3, 0.4) is 0 Å². The highest BCUT2D eigenvalue weighted by atomic mass is 32.2. The molecule has 0 bridgehead atoms. The molecule has 12 heteroatoms. The predicted molar refractivity (Wildman–Crippen MR) is 117 cm³/mol. The zero-order valence-corrected chi connectivity index (χ0v) is 19.9. The van der Waals surface area contributed by atoms with Gasteiger partial charge in [-0.2, -0.15) is 8.61 Å². The summed E-state index contributed by atoms with van der Waals surface area (Å²) in [6, 6.07) is 9.01. The molecule has 0 aliphatic carbocycles. The zero-order valence-electron chi connectivity index (χ0n) is 18.3. The summed E-state index contributed by atoms with van der Waals surface area (Å²) in [5, 5.41) is 0. The molecule has 0 atom stereocenters. The highest BCUT2D eigenvalue weighted by Gasteiger charge is 2.36. The molecule has 0 aromatic heterocycles. The van der Waals surface area contributed by atoms with Crippen molar-refractivity contribution in [2.45, 2.75) is 9.79 Å². The number of hydrogen-bond donors (Lipinski definition) is 0. The minimum Gasteiger partial charge on any atom is -0.497 e. The second-order valence-electron chi connectivity index (χ2n) is 6.84. The fourth-order valence-corrected chi connectivity index (χ4v) is 6.59. The summed E-state index contributed by atoms with van der Waals surface area (Å²) in [5.74, 6) is 1.11. The smallest absolute Gasteiger partial charge is 0.246 e. The first-order valence-electron chi connectivity index (χ1n) is 9.63. The second kappa shape index (κ2) is 9.53. The van der Waals surface area contributed by atoms with Gasteiger partial charge in [-0.05, 0) is 24.3 Å². The van der Waals surface area contributed by atoms with Crippen molar-refractivity contribution < 1.29 is 35.8 Å². The van der Waals surface area contributed by atoms with Crippen LogP contribution < -0.4 is 18.9 Å². The molecule has 32 heavy (non-hydrogen) atoms. The lowest BCUT2D eigenvalue weighted by Crippen LogP contribution is -2.50. The van der Waals surface area contributed by atoms with Crippen LogP contribution in [0.15, 0.2) is 46.2 Å². The molecule has 3 rings (SSSR count). The number of nitrogens with zero attached hydrogens (tertiary/aromatic N) is 2. The molecule has 2 aromatic carbocycles. The van der Waals surface area contributed by atoms with Gasteiger partial charge in [0.2, 0.25) is 20.0 Å². The number of sulfonamides is 2. The number of ether oxygens (including phenoxy) is 4. The summed E-state index contributed by atoms with van der Waals surface area (Å²) in [6.07, 6.45) is 0. The predicted octanol–water partition coefficient (Wildman–Crippen LogP) is 1.42. The Kier molecular flexibility index (Phi) is 7.18. The number of benzene rings is 2. The van der Waals surface area contributed by atoms with E-state index in [4.69, 9.17) is 18.9 Å². The quantitative estimate of drug-likeness (QED) is 0.551. The first-order valence-corrected chi connectivity index (χ1v) is 12.5. The van der Waals surface area contributed by atoms with Crippen LogP contribution in [0.4, 0.5) is 0 Å². The molecule has 2 aromatic rings. The molecule has 0 spiro atoms. The third-order valence-electron chi connectivity index (χ3n) is 5.17. The van der Waals surface area contributed by atoms with E-state index >= 15 is 0 Å². The van der Waals surface area contributed by atoms with Crippen molar-refractivity contribution >= 4 is 20.0 Å². The maximum Gasteiger partial charge on any atom is 0.246 e. The van der Waals surface area contributed by atoms with Crippen molar-refractivity contribution in [1.29, 1.82) is 0 Å². The average Bonchev–Trinajstić information content (AvgIpc) is 2.83. The minimum absolute atomic E-state index is 0.0196. The lowest BCUT2D eigenvalue weighted by Gasteiger charge is -2.33. The largest absolute Gasteiger partial charge is 0.497 e. The molecule has 0 unspecified atom stereocenters. The molecule has 10 nitrogen and oxygen atoms in total. The minimum atomic E-state index is -3.93. The Morgan fingerprint density at radius 3 is 1.22 bits per heavy atom. The molecular formula is C20H26N2O8S2. The summed E-state index contributed by atoms with van der Waals surface area (Å²) in [6.45, 7) is -0.0785. The summed E-state index contributed by atoms with van der Waals surface area (Å²) < 4.78 is 76.1. The van der Waals surface area contributed by atoms with Crippen molar-refractivity contribution in [2.24, 2.45) is 0 Å². The van der Waals surface area contributed by atoms with E-state index in [1.165, 1.54) is 61.3 Å². The molecule has 1 heterocycles. The number of hydrogen-bond acceptors (Lipinski definition) is 8. The Labute approximate surface area is 188 Å². The van der Waals surface area contributed by atoms with Gasteiger partial charge in [-0.1, -0.05) is 0 Å². The Hall–Kier alpha value is -2.54. The van der Waals surface area contributed by atoms with E-state index in [0.29, 0.717) is 11.5 Å². The van der Waals surface area contributed by atoms with E-state index in [1.807, 2.05) is 0 Å². The van der Waals surface area contributed by atoms with Crippen molar-refractivity contribution in [3.05, 3.63) is 36.4 Å². The van der Waals surface area contributed by atoms with Gasteiger partial charge in [-0.3, -0.25) is 0 Å². The fourth-order valence-electron chi connectivity index (χ4n) is 3.40. The Morgan fingerprint density at radius 2 is 0.938 bits per heavy atom. The van der Waals surface area contributed by atoms with Gasteiger partial charge in [0.15, 0.2) is 0 Å². The van der Waals surface area contributed by atoms with Crippen LogP contribution >= 0.6 is 0 Å². The van der Waals surface area contributed by atoms with Gasteiger partial charge in [-0.15, -0.1) is 0 Å². The van der Waals surface area contributed by atoms with Crippen LogP contribution in [0, 0.1) is 0 Å². The van der Waals surface area contributed by atoms with Crippen LogP contribution in [-0.2, 0) is 20.0 Å². The average molecular weight is 487 g/mol. The number of rotatable bonds is 8. The molecule has 176 valence electrons. The molecule has 1 aliphatic rings. The van der Waals surface area contributed by atoms with E-state index in [9.17, 15) is 16.8 Å². The Morgan fingerprint density at radius 1 is 0.594 bits per heavy atom. The summed E-state index contributed by atoms with van der Waals surface area (Å²) in [4.78, 5) is -0.0738. The highest BCUT2D eigenvalue weighted by molar-refractivity contribution is 7.89. The van der Waals surface area contributed by atoms with Gasteiger partial charge in [0.25, 0.3) is 0 Å². The molecule has 0 saturated carbocycles. The van der Waals surface area contributed by atoms with E-state index < -0.39 is 20.0 Å². The molecule has 0 radical (unpaired) electrons. The topological polar surface area (TPSA) is 112 Å². The van der Waals surface area contributed by atoms with E-state index in [0.717, 1.165) is 0 Å². The molecule has 0 N–H and O–H groups in total. The van der Waals surface area contributed by atoms with Gasteiger partial charge in [-0.25, -0.2) is 16.8 Å². The van der Waals surface area contributed by atoms with E-state index in [2.05, 4.69) is 0 Å². The first-order chi connectivity index (χ1) is 15.2. The van der Waals surface area contributed by atoms with Crippen LogP contribution in [0.25, 0.3) is 0 Å². The van der Waals surface area contributed by atoms with Gasteiger partial charge in [0.1, 0.15) is 32.8 Å². The maximum absolute atomic E-state index is 13.2. The molecular weight excluding hydrogens is 460 g/mol. The Balaban J connectivity index is 1.85. The van der Waals surface area contributed by atoms with Crippen molar-refractivity contribution in [3.63, 3.8) is 0 Å². The molecule has 0 amide bonds. The summed E-state index contributed by atoms with van der Waals surface area (Å²) in [5.41, 5.74) is 0. The molecule has 1 aliphatic heterocycles. The summed E-state index contributed by atoms with van der Waals surface area (Å²) in [7, 11) is -2.22. The van der Waals surface area contributed by atoms with Crippen LogP contribution in [0.1, 0.15) is 0 Å². The second-order valence-corrected chi connectivity index (χ2v) is 10.7. The first kappa shape index (κ1) is 24.1. The monoisotopic (exact) mass is 486 g/mol. The van der Waals surface area contributed by atoms with Crippen molar-refractivity contribution in [2.75, 3.05) is 54.6 Å². The van der Waals surface area contributed by atoms with Gasteiger partial charge >= 0.3 is 0 Å². The van der Waals surface area contributed by atoms with Gasteiger partial charge in [0.05, 0.1) is 28.4 Å². The van der Waals surface area contributed by atoms with E-state index in [-0.39, 0.29) is 47.5 Å². The van der Waals surface area contributed by atoms with Crippen LogP contribution in [0.5, 0.6) is 23.0 Å².